The van der Waals surface area contributed by atoms with Gasteiger partial charge in [0.05, 0.1) is 8.94 Å². The maximum Gasteiger partial charge on any atom is 0.255 e. The van der Waals surface area contributed by atoms with Crippen molar-refractivity contribution in [3.05, 3.63) is 60.2 Å². The summed E-state index contributed by atoms with van der Waals surface area (Å²) in [5.41, 5.74) is 0.965. The third-order valence-electron chi connectivity index (χ3n) is 3.73. The summed E-state index contributed by atoms with van der Waals surface area (Å²) in [6.45, 7) is 2.01. The van der Waals surface area contributed by atoms with Gasteiger partial charge in [-0.25, -0.2) is 8.42 Å². The average molecular weight is 472 g/mol. The van der Waals surface area contributed by atoms with Crippen molar-refractivity contribution < 1.29 is 13.2 Å². The zero-order valence-corrected chi connectivity index (χ0v) is 17.1. The topological polar surface area (TPSA) is 66.5 Å². The van der Waals surface area contributed by atoms with Gasteiger partial charge in [-0.1, -0.05) is 60.2 Å². The van der Waals surface area contributed by atoms with E-state index < -0.39 is 10.0 Å². The Hall–Kier alpha value is -1.45. The Balaban J connectivity index is 2.24. The molecule has 2 aromatic rings. The molecule has 2 rings (SSSR count). The summed E-state index contributed by atoms with van der Waals surface area (Å²) in [6, 6.07) is 15.2. The highest BCUT2D eigenvalue weighted by Crippen LogP contribution is 2.23. The third-order valence-corrected chi connectivity index (χ3v) is 7.43. The maximum absolute atomic E-state index is 12.8. The number of benzene rings is 2. The van der Waals surface area contributed by atoms with E-state index in [4.69, 9.17) is 0 Å². The van der Waals surface area contributed by atoms with Gasteiger partial charge in [-0.05, 0) is 36.8 Å². The molecule has 0 aliphatic carbocycles. The van der Waals surface area contributed by atoms with E-state index in [0.717, 1.165) is 12.8 Å². The van der Waals surface area contributed by atoms with Gasteiger partial charge in [-0.3, -0.25) is 4.79 Å². The number of amides is 1. The molecule has 0 aliphatic rings. The fraction of sp³-hybridized carbons (Fsp3) is 0.278. The number of carbonyl (C=O) groups is 1. The van der Waals surface area contributed by atoms with Gasteiger partial charge in [0.2, 0.25) is 10.0 Å². The fourth-order valence-corrected chi connectivity index (χ4v) is 5.05. The number of hydrogen-bond donors (Lipinski definition) is 1. The Bertz CT molecular complexity index is 825. The summed E-state index contributed by atoms with van der Waals surface area (Å²) in [7, 11) is -2.08. The number of para-hydroxylation sites is 1. The molecule has 0 aromatic heterocycles. The second kappa shape index (κ2) is 8.77. The molecule has 0 saturated heterocycles. The maximum atomic E-state index is 12.8. The Labute approximate surface area is 162 Å². The van der Waals surface area contributed by atoms with Crippen molar-refractivity contribution in [3.8, 4) is 0 Å². The molecular formula is C18H21IN2O3S. The Morgan fingerprint density at radius 3 is 2.48 bits per heavy atom. The minimum absolute atomic E-state index is 0.119. The van der Waals surface area contributed by atoms with Crippen LogP contribution in [0.5, 0.6) is 0 Å². The van der Waals surface area contributed by atoms with Crippen molar-refractivity contribution in [2.75, 3.05) is 12.4 Å². The number of sulfonamides is 1. The molecule has 0 heterocycles. The Morgan fingerprint density at radius 2 is 1.84 bits per heavy atom. The van der Waals surface area contributed by atoms with Crippen LogP contribution in [0.3, 0.4) is 0 Å². The van der Waals surface area contributed by atoms with Crippen LogP contribution < -0.4 is 5.32 Å². The minimum atomic E-state index is -3.64. The second-order valence-corrected chi connectivity index (χ2v) is 9.03. The predicted octanol–water partition coefficient (Wildman–Crippen LogP) is 4.12. The van der Waals surface area contributed by atoms with Gasteiger partial charge in [-0.2, -0.15) is 4.31 Å². The highest BCUT2D eigenvalue weighted by molar-refractivity contribution is 14.1. The van der Waals surface area contributed by atoms with Crippen LogP contribution in [0.1, 0.15) is 30.1 Å². The lowest BCUT2D eigenvalue weighted by atomic mass is 10.2. The van der Waals surface area contributed by atoms with Crippen molar-refractivity contribution >= 4 is 44.2 Å². The number of carbonyl (C=O) groups excluding carboxylic acids is 1. The van der Waals surface area contributed by atoms with E-state index in [0.29, 0.717) is 11.3 Å². The Morgan fingerprint density at radius 1 is 1.16 bits per heavy atom. The van der Waals surface area contributed by atoms with Gasteiger partial charge in [0.1, 0.15) is 0 Å². The fourth-order valence-electron chi connectivity index (χ4n) is 2.26. The van der Waals surface area contributed by atoms with Crippen LogP contribution in [0.2, 0.25) is 0 Å². The molecule has 2 aromatic carbocycles. The molecule has 0 bridgehead atoms. The van der Waals surface area contributed by atoms with Gasteiger partial charge in [0.25, 0.3) is 5.91 Å². The third kappa shape index (κ3) is 5.02. The zero-order chi connectivity index (χ0) is 18.4. The quantitative estimate of drug-likeness (QED) is 0.375. The van der Waals surface area contributed by atoms with E-state index in [-0.39, 0.29) is 14.9 Å². The van der Waals surface area contributed by atoms with Crippen LogP contribution in [0.15, 0.2) is 59.5 Å². The second-order valence-electron chi connectivity index (χ2n) is 5.59. The average Bonchev–Trinajstić information content (AvgIpc) is 2.62. The van der Waals surface area contributed by atoms with Crippen LogP contribution in [0.4, 0.5) is 5.69 Å². The van der Waals surface area contributed by atoms with Gasteiger partial charge >= 0.3 is 0 Å². The molecule has 7 heteroatoms. The lowest BCUT2D eigenvalue weighted by Gasteiger charge is -2.22. The number of nitrogens with one attached hydrogen (secondary N) is 1. The molecule has 0 aliphatic heterocycles. The van der Waals surface area contributed by atoms with E-state index in [2.05, 4.69) is 27.9 Å². The van der Waals surface area contributed by atoms with Crippen molar-refractivity contribution in [1.29, 1.82) is 0 Å². The largest absolute Gasteiger partial charge is 0.322 e. The predicted molar refractivity (Wildman–Crippen MR) is 109 cm³/mol. The first-order valence-corrected chi connectivity index (χ1v) is 10.6. The molecule has 1 unspecified atom stereocenters. The zero-order valence-electron chi connectivity index (χ0n) is 14.1. The SMILES string of the molecule is CCCC(I)N(C)S(=O)(=O)c1cccc(C(=O)Nc2ccccc2)c1. The van der Waals surface area contributed by atoms with E-state index in [1.165, 1.54) is 16.4 Å². The van der Waals surface area contributed by atoms with Gasteiger partial charge in [0.15, 0.2) is 0 Å². The first-order valence-electron chi connectivity index (χ1n) is 7.95. The van der Waals surface area contributed by atoms with Crippen LogP contribution in [-0.2, 0) is 10.0 Å². The molecule has 1 N–H and O–H groups in total. The van der Waals surface area contributed by atoms with E-state index in [9.17, 15) is 13.2 Å². The molecule has 0 fully saturated rings. The van der Waals surface area contributed by atoms with Crippen molar-refractivity contribution in [2.45, 2.75) is 28.7 Å². The number of rotatable bonds is 7. The number of hydrogen-bond acceptors (Lipinski definition) is 3. The summed E-state index contributed by atoms with van der Waals surface area (Å²) >= 11 is 2.12. The summed E-state index contributed by atoms with van der Waals surface area (Å²) in [6.07, 6.45) is 1.66. The van der Waals surface area contributed by atoms with E-state index >= 15 is 0 Å². The van der Waals surface area contributed by atoms with Gasteiger partial charge in [-0.15, -0.1) is 0 Å². The summed E-state index contributed by atoms with van der Waals surface area (Å²) in [4.78, 5) is 12.5. The molecule has 1 amide bonds. The molecule has 1 atom stereocenters. The standard InChI is InChI=1S/C18H21IN2O3S/c1-3-8-17(19)21(2)25(23,24)16-12-7-9-14(13-16)18(22)20-15-10-5-4-6-11-15/h4-7,9-13,17H,3,8H2,1-2H3,(H,20,22). The molecule has 0 spiro atoms. The van der Waals surface area contributed by atoms with E-state index in [1.807, 2.05) is 25.1 Å². The van der Waals surface area contributed by atoms with Crippen molar-refractivity contribution in [1.82, 2.24) is 4.31 Å². The van der Waals surface area contributed by atoms with Crippen LogP contribution in [0.25, 0.3) is 0 Å². The molecule has 25 heavy (non-hydrogen) atoms. The normalized spacial score (nSPS) is 12.8. The first kappa shape index (κ1) is 19.9. The highest BCUT2D eigenvalue weighted by atomic mass is 127. The monoisotopic (exact) mass is 472 g/mol. The lowest BCUT2D eigenvalue weighted by Crippen LogP contribution is -2.33. The van der Waals surface area contributed by atoms with E-state index in [1.54, 1.807) is 31.3 Å². The molecule has 0 saturated carbocycles. The number of halogens is 1. The van der Waals surface area contributed by atoms with Crippen molar-refractivity contribution in [3.63, 3.8) is 0 Å². The number of anilines is 1. The first-order chi connectivity index (χ1) is 11.9. The molecule has 5 nitrogen and oxygen atoms in total. The molecule has 0 radical (unpaired) electrons. The van der Waals surface area contributed by atoms with Crippen LogP contribution >= 0.6 is 22.6 Å². The van der Waals surface area contributed by atoms with Crippen molar-refractivity contribution in [2.24, 2.45) is 0 Å². The van der Waals surface area contributed by atoms with Gasteiger partial charge in [0, 0.05) is 18.3 Å². The minimum Gasteiger partial charge on any atom is -0.322 e. The molecular weight excluding hydrogens is 451 g/mol. The summed E-state index contributed by atoms with van der Waals surface area (Å²) in [5.74, 6) is -0.342. The highest BCUT2D eigenvalue weighted by Gasteiger charge is 2.26. The summed E-state index contributed by atoms with van der Waals surface area (Å²) < 4.78 is 26.8. The smallest absolute Gasteiger partial charge is 0.255 e. The lowest BCUT2D eigenvalue weighted by molar-refractivity contribution is 0.102. The Kier molecular flexibility index (Phi) is 6.97. The number of nitrogens with zero attached hydrogens (tertiary/aromatic N) is 1. The van der Waals surface area contributed by atoms with Crippen LogP contribution in [0, 0.1) is 0 Å². The number of alkyl halides is 1. The molecule has 134 valence electrons. The van der Waals surface area contributed by atoms with Gasteiger partial charge < -0.3 is 5.32 Å². The van der Waals surface area contributed by atoms with Crippen LogP contribution in [-0.4, -0.2) is 29.7 Å². The summed E-state index contributed by atoms with van der Waals surface area (Å²) in [5, 5.41) is 2.76.